The van der Waals surface area contributed by atoms with E-state index in [4.69, 9.17) is 5.73 Å². The van der Waals surface area contributed by atoms with Crippen LogP contribution in [-0.2, 0) is 4.79 Å². The number of aryl methyl sites for hydroxylation is 1. The lowest BCUT2D eigenvalue weighted by atomic mass is 10.2. The molecule has 5 nitrogen and oxygen atoms in total. The zero-order chi connectivity index (χ0) is 14.0. The first-order valence-corrected chi connectivity index (χ1v) is 5.84. The second-order valence-corrected chi connectivity index (χ2v) is 4.40. The van der Waals surface area contributed by atoms with E-state index in [0.29, 0.717) is 5.69 Å². The average molecular weight is 262 g/mol. The lowest BCUT2D eigenvalue weighted by Gasteiger charge is -2.13. The van der Waals surface area contributed by atoms with E-state index < -0.39 is 11.9 Å². The van der Waals surface area contributed by atoms with Gasteiger partial charge in [-0.15, -0.1) is 0 Å². The highest BCUT2D eigenvalue weighted by molar-refractivity contribution is 5.93. The third kappa shape index (κ3) is 2.90. The van der Waals surface area contributed by atoms with Crippen molar-refractivity contribution < 1.29 is 9.18 Å². The number of aromatic nitrogens is 2. The van der Waals surface area contributed by atoms with Crippen molar-refractivity contribution in [3.63, 3.8) is 0 Å². The highest BCUT2D eigenvalue weighted by atomic mass is 19.1. The van der Waals surface area contributed by atoms with Gasteiger partial charge in [-0.25, -0.2) is 4.39 Å². The summed E-state index contributed by atoms with van der Waals surface area (Å²) < 4.78 is 14.6. The number of carbonyl (C=O) groups excluding carboxylic acids is 1. The Morgan fingerprint density at radius 3 is 2.84 bits per heavy atom. The molecule has 0 aliphatic rings. The van der Waals surface area contributed by atoms with E-state index in [-0.39, 0.29) is 11.6 Å². The molecule has 1 aromatic carbocycles. The van der Waals surface area contributed by atoms with Gasteiger partial charge in [-0.2, -0.15) is 5.10 Å². The Hall–Kier alpha value is -2.37. The molecule has 0 fully saturated rings. The summed E-state index contributed by atoms with van der Waals surface area (Å²) in [5, 5.41) is 6.75. The minimum atomic E-state index is -0.506. The standard InChI is InChI=1S/C13H15FN4O/c1-8-6-16-18(7-8)9(2)13(19)17-10-3-4-11(14)12(15)5-10/h3-7,9H,15H2,1-2H3,(H,17,19). The largest absolute Gasteiger partial charge is 0.396 e. The predicted octanol–water partition coefficient (Wildman–Crippen LogP) is 2.11. The first-order valence-electron chi connectivity index (χ1n) is 5.84. The molecule has 0 saturated heterocycles. The van der Waals surface area contributed by atoms with Crippen LogP contribution in [0, 0.1) is 12.7 Å². The van der Waals surface area contributed by atoms with E-state index in [2.05, 4.69) is 10.4 Å². The van der Waals surface area contributed by atoms with Gasteiger partial charge in [0.2, 0.25) is 5.91 Å². The molecule has 2 rings (SSSR count). The summed E-state index contributed by atoms with van der Waals surface area (Å²) in [6, 6.07) is 3.60. The van der Waals surface area contributed by atoms with Crippen LogP contribution < -0.4 is 11.1 Å². The lowest BCUT2D eigenvalue weighted by molar-refractivity contribution is -0.119. The normalized spacial score (nSPS) is 12.2. The number of nitrogens with two attached hydrogens (primary N) is 1. The van der Waals surface area contributed by atoms with Gasteiger partial charge in [0.25, 0.3) is 0 Å². The molecule has 19 heavy (non-hydrogen) atoms. The number of carbonyl (C=O) groups is 1. The van der Waals surface area contributed by atoms with Crippen molar-refractivity contribution in [2.24, 2.45) is 0 Å². The maximum Gasteiger partial charge on any atom is 0.248 e. The lowest BCUT2D eigenvalue weighted by Crippen LogP contribution is -2.24. The van der Waals surface area contributed by atoms with Crippen LogP contribution in [0.3, 0.4) is 0 Å². The minimum Gasteiger partial charge on any atom is -0.396 e. The van der Waals surface area contributed by atoms with Crippen LogP contribution >= 0.6 is 0 Å². The van der Waals surface area contributed by atoms with Crippen LogP contribution in [0.4, 0.5) is 15.8 Å². The Morgan fingerprint density at radius 2 is 2.26 bits per heavy atom. The third-order valence-electron chi connectivity index (χ3n) is 2.77. The molecule has 1 amide bonds. The van der Waals surface area contributed by atoms with Crippen LogP contribution in [0.5, 0.6) is 0 Å². The number of benzene rings is 1. The highest BCUT2D eigenvalue weighted by Gasteiger charge is 2.16. The highest BCUT2D eigenvalue weighted by Crippen LogP contribution is 2.17. The quantitative estimate of drug-likeness (QED) is 0.832. The van der Waals surface area contributed by atoms with Crippen LogP contribution in [0.15, 0.2) is 30.6 Å². The molecular formula is C13H15FN4O. The van der Waals surface area contributed by atoms with Gasteiger partial charge in [0.05, 0.1) is 11.9 Å². The van der Waals surface area contributed by atoms with Crippen molar-refractivity contribution in [2.45, 2.75) is 19.9 Å². The van der Waals surface area contributed by atoms with Crippen LogP contribution in [-0.4, -0.2) is 15.7 Å². The number of nitrogens with one attached hydrogen (secondary N) is 1. The second-order valence-electron chi connectivity index (χ2n) is 4.40. The SMILES string of the molecule is Cc1cnn(C(C)C(=O)Nc2ccc(F)c(N)c2)c1. The molecule has 0 bridgehead atoms. The van der Waals surface area contributed by atoms with Gasteiger partial charge in [0.15, 0.2) is 0 Å². The van der Waals surface area contributed by atoms with Gasteiger partial charge in [0.1, 0.15) is 11.9 Å². The van der Waals surface area contributed by atoms with Crippen molar-refractivity contribution in [1.82, 2.24) is 9.78 Å². The Morgan fingerprint density at radius 1 is 1.53 bits per heavy atom. The molecule has 6 heteroatoms. The number of hydrogen-bond acceptors (Lipinski definition) is 3. The van der Waals surface area contributed by atoms with E-state index in [1.54, 1.807) is 24.0 Å². The van der Waals surface area contributed by atoms with Crippen LogP contribution in [0.25, 0.3) is 0 Å². The smallest absolute Gasteiger partial charge is 0.248 e. The van der Waals surface area contributed by atoms with Crippen molar-refractivity contribution in [3.05, 3.63) is 42.0 Å². The van der Waals surface area contributed by atoms with Crippen molar-refractivity contribution in [2.75, 3.05) is 11.1 Å². The number of rotatable bonds is 3. The van der Waals surface area contributed by atoms with Gasteiger partial charge >= 0.3 is 0 Å². The number of nitrogens with zero attached hydrogens (tertiary/aromatic N) is 2. The number of anilines is 2. The summed E-state index contributed by atoms with van der Waals surface area (Å²) in [4.78, 5) is 12.0. The fraction of sp³-hybridized carbons (Fsp3) is 0.231. The minimum absolute atomic E-state index is 0.000358. The maximum atomic E-state index is 13.0. The zero-order valence-electron chi connectivity index (χ0n) is 10.7. The van der Waals surface area contributed by atoms with Gasteiger partial charge in [-0.3, -0.25) is 9.48 Å². The summed E-state index contributed by atoms with van der Waals surface area (Å²) in [5.74, 6) is -0.747. The molecule has 3 N–H and O–H groups in total. The molecule has 2 aromatic rings. The predicted molar refractivity (Wildman–Crippen MR) is 71.1 cm³/mol. The molecule has 0 radical (unpaired) electrons. The molecule has 1 atom stereocenters. The molecular weight excluding hydrogens is 247 g/mol. The first kappa shape index (κ1) is 13.1. The Kier molecular flexibility index (Phi) is 3.50. The molecule has 0 spiro atoms. The number of halogens is 1. The van der Waals surface area contributed by atoms with E-state index in [0.717, 1.165) is 5.56 Å². The molecule has 1 aromatic heterocycles. The topological polar surface area (TPSA) is 72.9 Å². The van der Waals surface area contributed by atoms with Gasteiger partial charge < -0.3 is 11.1 Å². The van der Waals surface area contributed by atoms with E-state index >= 15 is 0 Å². The number of amides is 1. The summed E-state index contributed by atoms with van der Waals surface area (Å²) >= 11 is 0. The maximum absolute atomic E-state index is 13.0. The summed E-state index contributed by atoms with van der Waals surface area (Å²) in [5.41, 5.74) is 6.88. The zero-order valence-corrected chi connectivity index (χ0v) is 10.7. The Balaban J connectivity index is 2.10. The van der Waals surface area contributed by atoms with Gasteiger partial charge in [-0.1, -0.05) is 0 Å². The molecule has 1 heterocycles. The fourth-order valence-electron chi connectivity index (χ4n) is 1.63. The van der Waals surface area contributed by atoms with E-state index in [9.17, 15) is 9.18 Å². The molecule has 0 saturated carbocycles. The Labute approximate surface area is 110 Å². The number of nitrogen functional groups attached to an aromatic ring is 1. The third-order valence-corrected chi connectivity index (χ3v) is 2.77. The van der Waals surface area contributed by atoms with E-state index in [1.807, 2.05) is 6.92 Å². The van der Waals surface area contributed by atoms with Crippen molar-refractivity contribution >= 4 is 17.3 Å². The molecule has 0 aliphatic heterocycles. The van der Waals surface area contributed by atoms with Gasteiger partial charge in [0, 0.05) is 11.9 Å². The first-order chi connectivity index (χ1) is 8.97. The van der Waals surface area contributed by atoms with Crippen molar-refractivity contribution in [3.8, 4) is 0 Å². The fourth-order valence-corrected chi connectivity index (χ4v) is 1.63. The van der Waals surface area contributed by atoms with Crippen LogP contribution in [0.1, 0.15) is 18.5 Å². The summed E-state index contributed by atoms with van der Waals surface area (Å²) in [7, 11) is 0. The van der Waals surface area contributed by atoms with Crippen molar-refractivity contribution in [1.29, 1.82) is 0 Å². The van der Waals surface area contributed by atoms with E-state index in [1.165, 1.54) is 18.2 Å². The van der Waals surface area contributed by atoms with Crippen LogP contribution in [0.2, 0.25) is 0 Å². The average Bonchev–Trinajstić information content (AvgIpc) is 2.79. The molecule has 100 valence electrons. The summed E-state index contributed by atoms with van der Waals surface area (Å²) in [6.07, 6.45) is 3.46. The van der Waals surface area contributed by atoms with Gasteiger partial charge in [-0.05, 0) is 37.6 Å². The molecule has 1 unspecified atom stereocenters. The number of hydrogen-bond donors (Lipinski definition) is 2. The summed E-state index contributed by atoms with van der Waals surface area (Å²) in [6.45, 7) is 3.63. The second kappa shape index (κ2) is 5.09. The molecule has 0 aliphatic carbocycles. The Bertz CT molecular complexity index is 608. The monoisotopic (exact) mass is 262 g/mol.